The molecule has 0 unspecified atom stereocenters. The zero-order valence-corrected chi connectivity index (χ0v) is 17.9. The van der Waals surface area contributed by atoms with Crippen LogP contribution in [0.5, 0.6) is 0 Å². The first-order valence-electron chi connectivity index (χ1n) is 8.71. The molecule has 2 aromatic carbocycles. The molecule has 0 N–H and O–H groups in total. The van der Waals surface area contributed by atoms with Crippen molar-refractivity contribution < 1.29 is 21.0 Å². The maximum absolute atomic E-state index is 13.1. The molecule has 0 radical (unpaired) electrons. The Hall–Kier alpha value is -2.44. The fourth-order valence-electron chi connectivity index (χ4n) is 2.51. The van der Waals surface area contributed by atoms with Gasteiger partial charge in [-0.15, -0.1) is 6.42 Å². The van der Waals surface area contributed by atoms with E-state index in [9.17, 15) is 16.8 Å². The number of benzene rings is 2. The van der Waals surface area contributed by atoms with Gasteiger partial charge in [0.05, 0.1) is 24.3 Å². The zero-order valence-electron chi connectivity index (χ0n) is 16.3. The minimum absolute atomic E-state index is 0.106. The van der Waals surface area contributed by atoms with Crippen LogP contribution in [-0.2, 0) is 24.3 Å². The van der Waals surface area contributed by atoms with Gasteiger partial charge < -0.3 is 0 Å². The van der Waals surface area contributed by atoms with Crippen molar-refractivity contribution in [3.8, 4) is 12.3 Å². The second-order valence-electron chi connectivity index (χ2n) is 6.47. The van der Waals surface area contributed by atoms with Crippen LogP contribution in [0, 0.1) is 19.3 Å². The van der Waals surface area contributed by atoms with Gasteiger partial charge in [-0.1, -0.05) is 60.0 Å². The molecule has 0 fully saturated rings. The van der Waals surface area contributed by atoms with Gasteiger partial charge in [-0.05, 0) is 30.2 Å². The predicted octanol–water partition coefficient (Wildman–Crippen LogP) is 2.68. The number of rotatable bonds is 9. The quantitative estimate of drug-likeness (QED) is 0.449. The van der Waals surface area contributed by atoms with Gasteiger partial charge >= 0.3 is 0 Å². The molecule has 0 aliphatic heterocycles. The van der Waals surface area contributed by atoms with Crippen molar-refractivity contribution in [1.29, 1.82) is 0 Å². The van der Waals surface area contributed by atoms with Crippen LogP contribution in [0.3, 0.4) is 0 Å². The topological polar surface area (TPSA) is 80.8 Å². The van der Waals surface area contributed by atoms with Gasteiger partial charge in [-0.3, -0.25) is 4.18 Å². The van der Waals surface area contributed by atoms with Gasteiger partial charge in [0, 0.05) is 6.54 Å². The number of hydrogen-bond acceptors (Lipinski definition) is 5. The minimum Gasteiger partial charge on any atom is -0.266 e. The lowest BCUT2D eigenvalue weighted by atomic mass is 10.1. The average molecular weight is 434 g/mol. The smallest absolute Gasteiger partial charge is 0.264 e. The van der Waals surface area contributed by atoms with E-state index in [0.717, 1.165) is 21.7 Å². The largest absolute Gasteiger partial charge is 0.266 e. The Bertz CT molecular complexity index is 1100. The Morgan fingerprint density at radius 3 is 2.24 bits per heavy atom. The molecule has 154 valence electrons. The van der Waals surface area contributed by atoms with Gasteiger partial charge in [0.1, 0.15) is 0 Å². The van der Waals surface area contributed by atoms with E-state index < -0.39 is 20.1 Å². The number of hydrogen-bond donors (Lipinski definition) is 0. The molecule has 0 amide bonds. The van der Waals surface area contributed by atoms with Crippen molar-refractivity contribution in [3.05, 3.63) is 71.3 Å². The summed E-state index contributed by atoms with van der Waals surface area (Å²) in [5.74, 6) is 2.36. The predicted molar refractivity (Wildman–Crippen MR) is 114 cm³/mol. The lowest BCUT2D eigenvalue weighted by Gasteiger charge is -2.22. The molecule has 0 saturated carbocycles. The summed E-state index contributed by atoms with van der Waals surface area (Å²) in [6.45, 7) is 1.31. The Balaban J connectivity index is 2.39. The summed E-state index contributed by atoms with van der Waals surface area (Å²) in [6.07, 6.45) is 8.03. The highest BCUT2D eigenvalue weighted by Crippen LogP contribution is 2.19. The van der Waals surface area contributed by atoms with E-state index in [1.54, 1.807) is 18.2 Å². The summed E-state index contributed by atoms with van der Waals surface area (Å²) in [5, 5.41) is 0. The van der Waals surface area contributed by atoms with Crippen molar-refractivity contribution in [3.63, 3.8) is 0 Å². The van der Waals surface area contributed by atoms with E-state index >= 15 is 0 Å². The SMILES string of the molecule is C#CCN(C/C(=C\c1ccccc1)COS(C)(=O)=O)S(=O)(=O)c1ccc(C)cc1. The molecule has 0 atom stereocenters. The first-order valence-corrected chi connectivity index (χ1v) is 12.0. The van der Waals surface area contributed by atoms with E-state index in [-0.39, 0.29) is 24.6 Å². The Morgan fingerprint density at radius 2 is 1.69 bits per heavy atom. The third-order valence-corrected chi connectivity index (χ3v) is 6.29. The van der Waals surface area contributed by atoms with E-state index in [0.29, 0.717) is 5.57 Å². The maximum atomic E-state index is 13.1. The number of terminal acetylenes is 1. The van der Waals surface area contributed by atoms with Crippen molar-refractivity contribution in [2.45, 2.75) is 11.8 Å². The van der Waals surface area contributed by atoms with Gasteiger partial charge in [0.15, 0.2) is 0 Å². The molecule has 0 bridgehead atoms. The Labute approximate surface area is 173 Å². The van der Waals surface area contributed by atoms with E-state index in [2.05, 4.69) is 5.92 Å². The highest BCUT2D eigenvalue weighted by atomic mass is 32.2. The fourth-order valence-corrected chi connectivity index (χ4v) is 4.24. The van der Waals surface area contributed by atoms with Gasteiger partial charge in [0.25, 0.3) is 10.1 Å². The van der Waals surface area contributed by atoms with Crippen LogP contribution in [0.15, 0.2) is 65.1 Å². The van der Waals surface area contributed by atoms with Crippen molar-refractivity contribution in [1.82, 2.24) is 4.31 Å². The van der Waals surface area contributed by atoms with Gasteiger partial charge in [-0.2, -0.15) is 12.7 Å². The van der Waals surface area contributed by atoms with E-state index in [4.69, 9.17) is 10.6 Å². The lowest BCUT2D eigenvalue weighted by molar-refractivity contribution is 0.342. The molecule has 2 aromatic rings. The molecule has 0 spiro atoms. The minimum atomic E-state index is -3.88. The number of aryl methyl sites for hydroxylation is 1. The van der Waals surface area contributed by atoms with Gasteiger partial charge in [0.2, 0.25) is 10.0 Å². The highest BCUT2D eigenvalue weighted by molar-refractivity contribution is 7.89. The van der Waals surface area contributed by atoms with Crippen molar-refractivity contribution >= 4 is 26.2 Å². The fraction of sp³-hybridized carbons (Fsp3) is 0.238. The van der Waals surface area contributed by atoms with Crippen LogP contribution in [0.4, 0.5) is 0 Å². The molecular formula is C21H23NO5S2. The maximum Gasteiger partial charge on any atom is 0.264 e. The van der Waals surface area contributed by atoms with Crippen LogP contribution in [0.25, 0.3) is 6.08 Å². The van der Waals surface area contributed by atoms with Crippen LogP contribution >= 0.6 is 0 Å². The van der Waals surface area contributed by atoms with Crippen LogP contribution < -0.4 is 0 Å². The average Bonchev–Trinajstić information content (AvgIpc) is 2.66. The summed E-state index contributed by atoms with van der Waals surface area (Å²) in [7, 11) is -7.58. The molecule has 8 heteroatoms. The molecule has 2 rings (SSSR count). The molecule has 6 nitrogen and oxygen atoms in total. The Kier molecular flexibility index (Phi) is 7.76. The zero-order chi connectivity index (χ0) is 21.5. The molecule has 0 aliphatic carbocycles. The molecule has 0 aliphatic rings. The second-order valence-corrected chi connectivity index (χ2v) is 10.1. The summed E-state index contributed by atoms with van der Waals surface area (Å²) >= 11 is 0. The van der Waals surface area contributed by atoms with Crippen LogP contribution in [0.1, 0.15) is 11.1 Å². The normalized spacial score (nSPS) is 12.7. The Morgan fingerprint density at radius 1 is 1.07 bits per heavy atom. The number of sulfonamides is 1. The van der Waals surface area contributed by atoms with Crippen molar-refractivity contribution in [2.75, 3.05) is 26.0 Å². The number of nitrogens with zero attached hydrogens (tertiary/aromatic N) is 1. The molecule has 0 aromatic heterocycles. The van der Waals surface area contributed by atoms with E-state index in [1.165, 1.54) is 12.1 Å². The molecule has 0 heterocycles. The monoisotopic (exact) mass is 433 g/mol. The van der Waals surface area contributed by atoms with E-state index in [1.807, 2.05) is 37.3 Å². The molecule has 0 saturated heterocycles. The lowest BCUT2D eigenvalue weighted by Crippen LogP contribution is -2.34. The standard InChI is InChI=1S/C21H23NO5S2/c1-4-14-22(29(25,26)21-12-10-18(2)11-13-21)16-20(17-27-28(3,23)24)15-19-8-6-5-7-9-19/h1,5-13,15H,14,16-17H2,2-3H3/b20-15+. The highest BCUT2D eigenvalue weighted by Gasteiger charge is 2.25. The van der Waals surface area contributed by atoms with Crippen LogP contribution in [0.2, 0.25) is 0 Å². The third-order valence-electron chi connectivity index (χ3n) is 3.93. The summed E-state index contributed by atoms with van der Waals surface area (Å²) in [4.78, 5) is 0.112. The molecular weight excluding hydrogens is 410 g/mol. The van der Waals surface area contributed by atoms with Crippen LogP contribution in [-0.4, -0.2) is 47.1 Å². The summed E-state index contributed by atoms with van der Waals surface area (Å²) in [5.41, 5.74) is 2.17. The second kappa shape index (κ2) is 9.85. The summed E-state index contributed by atoms with van der Waals surface area (Å²) in [6, 6.07) is 15.6. The molecule has 29 heavy (non-hydrogen) atoms. The first-order chi connectivity index (χ1) is 13.6. The first kappa shape index (κ1) is 22.8. The third kappa shape index (κ3) is 7.15. The summed E-state index contributed by atoms with van der Waals surface area (Å²) < 4.78 is 55.0. The van der Waals surface area contributed by atoms with Crippen molar-refractivity contribution in [2.24, 2.45) is 0 Å². The van der Waals surface area contributed by atoms with Gasteiger partial charge in [-0.25, -0.2) is 8.42 Å².